The van der Waals surface area contributed by atoms with Crippen LogP contribution in [-0.2, 0) is 11.0 Å². The number of aromatic hydroxyl groups is 1. The second-order valence-corrected chi connectivity index (χ2v) is 13.9. The molecule has 3 aliphatic rings. The topological polar surface area (TPSA) is 136 Å². The van der Waals surface area contributed by atoms with Gasteiger partial charge in [-0.25, -0.2) is 4.57 Å². The van der Waals surface area contributed by atoms with Crippen molar-refractivity contribution in [1.82, 2.24) is 5.32 Å². The summed E-state index contributed by atoms with van der Waals surface area (Å²) < 4.78 is 10.3. The Morgan fingerprint density at radius 2 is 2.03 bits per heavy atom. The number of hydrogen-bond acceptors (Lipinski definition) is 6. The molecule has 5 atom stereocenters. The van der Waals surface area contributed by atoms with E-state index in [1.165, 1.54) is 11.1 Å². The van der Waals surface area contributed by atoms with Crippen LogP contribution in [0, 0.1) is 29.6 Å². The normalized spacial score (nSPS) is 31.9. The number of benzene rings is 1. The van der Waals surface area contributed by atoms with Gasteiger partial charge in [0.25, 0.3) is 0 Å². The first-order valence-corrected chi connectivity index (χ1v) is 15.4. The zero-order chi connectivity index (χ0) is 25.0. The minimum atomic E-state index is -3.87. The SMILES string of the molecule is C#C[C@]1(O)CC[C@H]2[C@@H]3CCc4cc(O)ccc4[C@H]3CC[C@@]21C.NCCCNCCSP(=O)(O)O. The van der Waals surface area contributed by atoms with E-state index in [1.807, 2.05) is 12.1 Å². The lowest BCUT2D eigenvalue weighted by molar-refractivity contribution is -0.0646. The minimum Gasteiger partial charge on any atom is -0.508 e. The van der Waals surface area contributed by atoms with Crippen molar-refractivity contribution in [3.8, 4) is 18.1 Å². The van der Waals surface area contributed by atoms with Crippen LogP contribution in [0.4, 0.5) is 0 Å². The van der Waals surface area contributed by atoms with Crippen LogP contribution < -0.4 is 11.1 Å². The zero-order valence-corrected chi connectivity index (χ0v) is 21.7. The van der Waals surface area contributed by atoms with E-state index >= 15 is 0 Å². The Labute approximate surface area is 207 Å². The van der Waals surface area contributed by atoms with Gasteiger partial charge in [0.1, 0.15) is 11.4 Å². The van der Waals surface area contributed by atoms with Crippen molar-refractivity contribution in [1.29, 1.82) is 0 Å². The van der Waals surface area contributed by atoms with Crippen molar-refractivity contribution in [2.45, 2.75) is 63.4 Å². The third-order valence-electron chi connectivity index (χ3n) is 8.20. The highest BCUT2D eigenvalue weighted by Gasteiger charge is 2.61. The molecule has 190 valence electrons. The summed E-state index contributed by atoms with van der Waals surface area (Å²) in [6, 6.07) is 5.87. The summed E-state index contributed by atoms with van der Waals surface area (Å²) in [4.78, 5) is 16.9. The Balaban J connectivity index is 0.000000232. The molecule has 0 saturated heterocycles. The van der Waals surface area contributed by atoms with Gasteiger partial charge in [0.15, 0.2) is 0 Å². The van der Waals surface area contributed by atoms with Crippen molar-refractivity contribution in [2.75, 3.05) is 25.4 Å². The predicted octanol–water partition coefficient (Wildman–Crippen LogP) is 3.36. The van der Waals surface area contributed by atoms with Crippen LogP contribution >= 0.6 is 18.2 Å². The van der Waals surface area contributed by atoms with E-state index in [9.17, 15) is 14.8 Å². The van der Waals surface area contributed by atoms with Crippen LogP contribution in [0.15, 0.2) is 18.2 Å². The summed E-state index contributed by atoms with van der Waals surface area (Å²) in [6.45, 7) is 0.394. The van der Waals surface area contributed by atoms with Gasteiger partial charge in [-0.05, 0) is 110 Å². The molecular formula is C25H39N2O5PS. The first-order valence-electron chi connectivity index (χ1n) is 12.2. The fourth-order valence-corrected chi connectivity index (χ4v) is 7.87. The summed E-state index contributed by atoms with van der Waals surface area (Å²) in [5, 5.41) is 23.6. The molecule has 9 heteroatoms. The summed E-state index contributed by atoms with van der Waals surface area (Å²) in [6.07, 6.45) is 12.7. The maximum atomic E-state index is 10.9. The molecule has 0 aromatic heterocycles. The second kappa shape index (κ2) is 11.3. The van der Waals surface area contributed by atoms with E-state index in [1.54, 1.807) is 0 Å². The molecule has 0 radical (unpaired) electrons. The fraction of sp³-hybridized carbons (Fsp3) is 0.680. The lowest BCUT2D eigenvalue weighted by Crippen LogP contribution is -2.50. The highest BCUT2D eigenvalue weighted by atomic mass is 32.7. The van der Waals surface area contributed by atoms with Crippen LogP contribution in [0.2, 0.25) is 0 Å². The first-order chi connectivity index (χ1) is 16.0. The Morgan fingerprint density at radius 1 is 1.26 bits per heavy atom. The van der Waals surface area contributed by atoms with Gasteiger partial charge in [-0.2, -0.15) is 0 Å². The van der Waals surface area contributed by atoms with Crippen LogP contribution in [0.1, 0.15) is 62.5 Å². The highest BCUT2D eigenvalue weighted by molar-refractivity contribution is 8.54. The molecule has 7 nitrogen and oxygen atoms in total. The van der Waals surface area contributed by atoms with Gasteiger partial charge in [0, 0.05) is 17.7 Å². The smallest absolute Gasteiger partial charge is 0.384 e. The Morgan fingerprint density at radius 3 is 2.71 bits per heavy atom. The molecule has 7 N–H and O–H groups in total. The first kappa shape index (κ1) is 27.5. The summed E-state index contributed by atoms with van der Waals surface area (Å²) in [5.74, 6) is 5.24. The standard InChI is InChI=1S/C20H24O2.C5H15N2O3PS/c1-3-20(22)11-9-18-17-6-4-13-12-14(21)5-7-15(13)16(17)8-10-19(18,20)2;6-2-1-3-7-4-5-12-11(8,9)10/h1,5,7,12,16-18,21-22H,4,6,8-11H2,2H3;7H,1-6H2,(H2,8,9,10)/t16-,17-,18+,19+,20+;/m1./s1. The maximum absolute atomic E-state index is 10.9. The number of phenolic OH excluding ortho intramolecular Hbond substituents is 1. The van der Waals surface area contributed by atoms with Crippen LogP contribution in [-0.4, -0.2) is 51.0 Å². The van der Waals surface area contributed by atoms with E-state index in [2.05, 4.69) is 24.2 Å². The van der Waals surface area contributed by atoms with E-state index in [4.69, 9.17) is 21.9 Å². The molecule has 0 amide bonds. The molecule has 2 saturated carbocycles. The molecule has 0 unspecified atom stereocenters. The molecule has 1 aromatic carbocycles. The Hall–Kier alpha value is -1.04. The molecule has 34 heavy (non-hydrogen) atoms. The number of hydrogen-bond donors (Lipinski definition) is 6. The number of aliphatic hydroxyl groups is 1. The number of terminal acetylenes is 1. The third-order valence-corrected chi connectivity index (χ3v) is 10.5. The number of aryl methyl sites for hydroxylation is 1. The molecule has 0 aliphatic heterocycles. The van der Waals surface area contributed by atoms with Gasteiger partial charge in [-0.15, -0.1) is 6.42 Å². The molecule has 2 fully saturated rings. The lowest BCUT2D eigenvalue weighted by Gasteiger charge is -2.52. The predicted molar refractivity (Wildman–Crippen MR) is 138 cm³/mol. The number of rotatable bonds is 7. The van der Waals surface area contributed by atoms with Crippen molar-refractivity contribution in [3.63, 3.8) is 0 Å². The van der Waals surface area contributed by atoms with Crippen LogP contribution in [0.25, 0.3) is 0 Å². The maximum Gasteiger partial charge on any atom is 0.384 e. The molecule has 3 aliphatic carbocycles. The minimum absolute atomic E-state index is 0.128. The van der Waals surface area contributed by atoms with Gasteiger partial charge < -0.3 is 31.1 Å². The summed E-state index contributed by atoms with van der Waals surface area (Å²) in [5.41, 5.74) is 6.93. The molecule has 0 heterocycles. The van der Waals surface area contributed by atoms with Crippen LogP contribution in [0.3, 0.4) is 0 Å². The van der Waals surface area contributed by atoms with E-state index in [0.717, 1.165) is 51.5 Å². The van der Waals surface area contributed by atoms with Gasteiger partial charge in [0.2, 0.25) is 0 Å². The molecular weight excluding hydrogens is 471 g/mol. The molecule has 4 rings (SSSR count). The second-order valence-electron chi connectivity index (χ2n) is 10.0. The number of nitrogens with one attached hydrogen (secondary N) is 1. The molecule has 1 aromatic rings. The number of fused-ring (bicyclic) bond motifs is 5. The van der Waals surface area contributed by atoms with Crippen molar-refractivity contribution in [3.05, 3.63) is 29.3 Å². The van der Waals surface area contributed by atoms with E-state index in [-0.39, 0.29) is 5.41 Å². The summed E-state index contributed by atoms with van der Waals surface area (Å²) in [7, 11) is 0. The third kappa shape index (κ3) is 6.02. The average Bonchev–Trinajstić information content (AvgIpc) is 3.07. The molecule has 0 spiro atoms. The Bertz CT molecular complexity index is 934. The quantitative estimate of drug-likeness (QED) is 0.187. The van der Waals surface area contributed by atoms with Crippen molar-refractivity contribution >= 4 is 18.2 Å². The summed E-state index contributed by atoms with van der Waals surface area (Å²) >= 11 is 0.665. The van der Waals surface area contributed by atoms with Gasteiger partial charge in [-0.1, -0.05) is 18.9 Å². The van der Waals surface area contributed by atoms with Crippen molar-refractivity contribution in [2.24, 2.45) is 23.0 Å². The fourth-order valence-electron chi connectivity index (χ4n) is 6.41. The van der Waals surface area contributed by atoms with Crippen molar-refractivity contribution < 1.29 is 24.6 Å². The van der Waals surface area contributed by atoms with Crippen LogP contribution in [0.5, 0.6) is 5.75 Å². The van der Waals surface area contributed by atoms with Gasteiger partial charge in [-0.3, -0.25) is 0 Å². The number of phenols is 1. The van der Waals surface area contributed by atoms with Gasteiger partial charge >= 0.3 is 6.80 Å². The largest absolute Gasteiger partial charge is 0.508 e. The average molecular weight is 511 g/mol. The lowest BCUT2D eigenvalue weighted by atomic mass is 9.53. The van der Waals surface area contributed by atoms with E-state index in [0.29, 0.717) is 53.7 Å². The van der Waals surface area contributed by atoms with Gasteiger partial charge in [0.05, 0.1) is 0 Å². The number of nitrogens with two attached hydrogens (primary N) is 1. The van der Waals surface area contributed by atoms with E-state index < -0.39 is 12.4 Å². The Kier molecular flexibility index (Phi) is 9.19. The monoisotopic (exact) mass is 510 g/mol. The highest BCUT2D eigenvalue weighted by Crippen LogP contribution is 2.64. The molecule has 0 bridgehead atoms. The zero-order valence-electron chi connectivity index (χ0n) is 19.9.